The highest BCUT2D eigenvalue weighted by Gasteiger charge is 2.32. The molecule has 110 valence electrons. The van der Waals surface area contributed by atoms with Crippen LogP contribution in [-0.2, 0) is 14.6 Å². The lowest BCUT2D eigenvalue weighted by atomic mass is 10.1. The van der Waals surface area contributed by atoms with Crippen LogP contribution in [0.5, 0.6) is 0 Å². The molecule has 1 aromatic rings. The lowest BCUT2D eigenvalue weighted by molar-refractivity contribution is -0.136. The first-order valence-corrected chi connectivity index (χ1v) is 8.45. The van der Waals surface area contributed by atoms with Gasteiger partial charge in [-0.3, -0.25) is 4.79 Å². The SMILES string of the molecule is Cc1ccc(N(CCC(=O)O)C2CCS(=O)(=O)C2)cc1. The highest BCUT2D eigenvalue weighted by molar-refractivity contribution is 7.91. The van der Waals surface area contributed by atoms with Crippen LogP contribution >= 0.6 is 0 Å². The van der Waals surface area contributed by atoms with Gasteiger partial charge in [-0.05, 0) is 25.5 Å². The van der Waals surface area contributed by atoms with Crippen molar-refractivity contribution in [1.82, 2.24) is 0 Å². The quantitative estimate of drug-likeness (QED) is 0.890. The van der Waals surface area contributed by atoms with Crippen LogP contribution in [0, 0.1) is 6.92 Å². The zero-order valence-electron chi connectivity index (χ0n) is 11.4. The van der Waals surface area contributed by atoms with E-state index >= 15 is 0 Å². The summed E-state index contributed by atoms with van der Waals surface area (Å²) in [5, 5.41) is 8.85. The molecule has 0 saturated carbocycles. The van der Waals surface area contributed by atoms with Crippen LogP contribution in [0.2, 0.25) is 0 Å². The van der Waals surface area contributed by atoms with Crippen molar-refractivity contribution >= 4 is 21.5 Å². The lowest BCUT2D eigenvalue weighted by Gasteiger charge is -2.30. The summed E-state index contributed by atoms with van der Waals surface area (Å²) in [4.78, 5) is 12.7. The molecular weight excluding hydrogens is 278 g/mol. The number of anilines is 1. The molecule has 0 amide bonds. The Bertz CT molecular complexity index is 580. The van der Waals surface area contributed by atoms with Gasteiger partial charge in [-0.1, -0.05) is 17.7 Å². The summed E-state index contributed by atoms with van der Waals surface area (Å²) >= 11 is 0. The van der Waals surface area contributed by atoms with Gasteiger partial charge in [-0.2, -0.15) is 0 Å². The second-order valence-electron chi connectivity index (χ2n) is 5.23. The minimum atomic E-state index is -2.98. The molecule has 1 saturated heterocycles. The summed E-state index contributed by atoms with van der Waals surface area (Å²) in [6, 6.07) is 7.62. The number of carboxylic acid groups (broad SMARTS) is 1. The van der Waals surface area contributed by atoms with E-state index in [0.717, 1.165) is 11.3 Å². The molecule has 0 aromatic heterocycles. The highest BCUT2D eigenvalue weighted by atomic mass is 32.2. The van der Waals surface area contributed by atoms with E-state index in [0.29, 0.717) is 13.0 Å². The maximum atomic E-state index is 11.6. The minimum Gasteiger partial charge on any atom is -0.481 e. The van der Waals surface area contributed by atoms with Gasteiger partial charge in [-0.15, -0.1) is 0 Å². The van der Waals surface area contributed by atoms with E-state index in [-0.39, 0.29) is 24.0 Å². The molecule has 0 spiro atoms. The highest BCUT2D eigenvalue weighted by Crippen LogP contribution is 2.25. The van der Waals surface area contributed by atoms with Gasteiger partial charge in [0.1, 0.15) is 0 Å². The van der Waals surface area contributed by atoms with Gasteiger partial charge in [0, 0.05) is 18.3 Å². The zero-order valence-corrected chi connectivity index (χ0v) is 12.3. The number of aryl methyl sites for hydroxylation is 1. The molecule has 2 rings (SSSR count). The lowest BCUT2D eigenvalue weighted by Crippen LogP contribution is -2.37. The first-order valence-electron chi connectivity index (χ1n) is 6.63. The molecule has 1 atom stereocenters. The number of benzene rings is 1. The number of nitrogens with zero attached hydrogens (tertiary/aromatic N) is 1. The molecule has 1 aliphatic heterocycles. The first kappa shape index (κ1) is 14.8. The van der Waals surface area contributed by atoms with Crippen molar-refractivity contribution < 1.29 is 18.3 Å². The molecule has 0 aliphatic carbocycles. The average molecular weight is 297 g/mol. The van der Waals surface area contributed by atoms with Crippen molar-refractivity contribution in [3.8, 4) is 0 Å². The standard InChI is InChI=1S/C14H19NO4S/c1-11-2-4-12(5-3-11)15(8-6-14(16)17)13-7-9-20(18,19)10-13/h2-5,13H,6-10H2,1H3,(H,16,17). The average Bonchev–Trinajstić information content (AvgIpc) is 2.72. The molecule has 0 radical (unpaired) electrons. The van der Waals surface area contributed by atoms with Crippen molar-refractivity contribution in [2.45, 2.75) is 25.8 Å². The topological polar surface area (TPSA) is 74.7 Å². The van der Waals surface area contributed by atoms with E-state index in [4.69, 9.17) is 5.11 Å². The molecule has 20 heavy (non-hydrogen) atoms. The Morgan fingerprint density at radius 2 is 2.00 bits per heavy atom. The fraction of sp³-hybridized carbons (Fsp3) is 0.500. The number of hydrogen-bond donors (Lipinski definition) is 1. The third-order valence-electron chi connectivity index (χ3n) is 3.58. The number of hydrogen-bond acceptors (Lipinski definition) is 4. The second-order valence-corrected chi connectivity index (χ2v) is 7.46. The molecule has 1 aromatic carbocycles. The normalized spacial score (nSPS) is 20.8. The number of carbonyl (C=O) groups is 1. The third-order valence-corrected chi connectivity index (χ3v) is 5.33. The van der Waals surface area contributed by atoms with Crippen LogP contribution in [0.4, 0.5) is 5.69 Å². The molecule has 0 bridgehead atoms. The second kappa shape index (κ2) is 5.83. The van der Waals surface area contributed by atoms with Crippen LogP contribution in [0.15, 0.2) is 24.3 Å². The van der Waals surface area contributed by atoms with E-state index in [9.17, 15) is 13.2 Å². The van der Waals surface area contributed by atoms with E-state index in [1.165, 1.54) is 0 Å². The molecule has 5 nitrogen and oxygen atoms in total. The van der Waals surface area contributed by atoms with Crippen molar-refractivity contribution in [3.05, 3.63) is 29.8 Å². The zero-order chi connectivity index (χ0) is 14.8. The first-order chi connectivity index (χ1) is 9.37. The van der Waals surface area contributed by atoms with Gasteiger partial charge in [-0.25, -0.2) is 8.42 Å². The van der Waals surface area contributed by atoms with E-state index in [1.54, 1.807) is 0 Å². The van der Waals surface area contributed by atoms with Gasteiger partial charge < -0.3 is 10.0 Å². The van der Waals surface area contributed by atoms with Crippen LogP contribution in [-0.4, -0.2) is 43.6 Å². The Hall–Kier alpha value is -1.56. The Labute approximate surface area is 119 Å². The molecule has 1 heterocycles. The van der Waals surface area contributed by atoms with E-state index < -0.39 is 15.8 Å². The molecule has 1 unspecified atom stereocenters. The van der Waals surface area contributed by atoms with Crippen LogP contribution < -0.4 is 4.90 Å². The third kappa shape index (κ3) is 3.72. The van der Waals surface area contributed by atoms with Gasteiger partial charge in [0.15, 0.2) is 9.84 Å². The molecule has 1 N–H and O–H groups in total. The van der Waals surface area contributed by atoms with Gasteiger partial charge in [0.05, 0.1) is 17.9 Å². The molecule has 1 aliphatic rings. The van der Waals surface area contributed by atoms with E-state index in [2.05, 4.69) is 0 Å². The van der Waals surface area contributed by atoms with Crippen molar-refractivity contribution in [2.75, 3.05) is 23.0 Å². The summed E-state index contributed by atoms with van der Waals surface area (Å²) in [7, 11) is -2.98. The Kier molecular flexibility index (Phi) is 4.32. The van der Waals surface area contributed by atoms with Crippen molar-refractivity contribution in [2.24, 2.45) is 0 Å². The number of carboxylic acids is 1. The van der Waals surface area contributed by atoms with Gasteiger partial charge >= 0.3 is 5.97 Å². The predicted octanol–water partition coefficient (Wildman–Crippen LogP) is 1.46. The number of aliphatic carboxylic acids is 1. The maximum absolute atomic E-state index is 11.6. The predicted molar refractivity (Wildman–Crippen MR) is 77.8 cm³/mol. The Morgan fingerprint density at radius 1 is 1.35 bits per heavy atom. The van der Waals surface area contributed by atoms with E-state index in [1.807, 2.05) is 36.1 Å². The number of rotatable bonds is 5. The van der Waals surface area contributed by atoms with Crippen LogP contribution in [0.25, 0.3) is 0 Å². The summed E-state index contributed by atoms with van der Waals surface area (Å²) in [6.07, 6.45) is 0.570. The van der Waals surface area contributed by atoms with Crippen LogP contribution in [0.3, 0.4) is 0 Å². The molecular formula is C14H19NO4S. The van der Waals surface area contributed by atoms with Gasteiger partial charge in [0.25, 0.3) is 0 Å². The Morgan fingerprint density at radius 3 is 2.50 bits per heavy atom. The largest absolute Gasteiger partial charge is 0.481 e. The van der Waals surface area contributed by atoms with Crippen molar-refractivity contribution in [1.29, 1.82) is 0 Å². The fourth-order valence-corrected chi connectivity index (χ4v) is 4.23. The van der Waals surface area contributed by atoms with Gasteiger partial charge in [0.2, 0.25) is 0 Å². The molecule has 6 heteroatoms. The minimum absolute atomic E-state index is 0.00439. The summed E-state index contributed by atoms with van der Waals surface area (Å²) < 4.78 is 23.3. The summed E-state index contributed by atoms with van der Waals surface area (Å²) in [5.74, 6) is -0.573. The fourth-order valence-electron chi connectivity index (χ4n) is 2.50. The smallest absolute Gasteiger partial charge is 0.305 e. The molecule has 1 fully saturated rings. The summed E-state index contributed by atoms with van der Waals surface area (Å²) in [5.41, 5.74) is 2.00. The Balaban J connectivity index is 2.20. The summed E-state index contributed by atoms with van der Waals surface area (Å²) in [6.45, 7) is 2.31. The monoisotopic (exact) mass is 297 g/mol. The van der Waals surface area contributed by atoms with Crippen LogP contribution in [0.1, 0.15) is 18.4 Å². The number of sulfone groups is 1. The van der Waals surface area contributed by atoms with Crippen molar-refractivity contribution in [3.63, 3.8) is 0 Å². The maximum Gasteiger partial charge on any atom is 0.305 e.